The lowest BCUT2D eigenvalue weighted by molar-refractivity contribution is -0.131. The van der Waals surface area contributed by atoms with Gasteiger partial charge in [-0.1, -0.05) is 12.1 Å². The molecule has 0 N–H and O–H groups in total. The molecule has 5 rings (SSSR count). The lowest BCUT2D eigenvalue weighted by Crippen LogP contribution is -2.40. The van der Waals surface area contributed by atoms with E-state index in [0.29, 0.717) is 36.4 Å². The van der Waals surface area contributed by atoms with Crippen LogP contribution < -0.4 is 14.2 Å². The number of hydrogen-bond donors (Lipinski definition) is 0. The Hall–Kier alpha value is -3.26. The highest BCUT2D eigenvalue weighted by Gasteiger charge is 2.31. The van der Waals surface area contributed by atoms with Crippen LogP contribution >= 0.6 is 0 Å². The van der Waals surface area contributed by atoms with E-state index >= 15 is 0 Å². The molecule has 2 fully saturated rings. The third-order valence-electron chi connectivity index (χ3n) is 7.10. The fraction of sp³-hybridized carbons (Fsp3) is 0.481. The van der Waals surface area contributed by atoms with Crippen LogP contribution in [0.15, 0.2) is 36.4 Å². The van der Waals surface area contributed by atoms with Crippen LogP contribution in [-0.2, 0) is 16.0 Å². The first-order valence-electron chi connectivity index (χ1n) is 12.3. The van der Waals surface area contributed by atoms with Crippen LogP contribution in [0.5, 0.6) is 17.2 Å². The van der Waals surface area contributed by atoms with Crippen LogP contribution in [0.4, 0.5) is 0 Å². The summed E-state index contributed by atoms with van der Waals surface area (Å²) in [5.74, 6) is 2.78. The molecule has 1 atom stereocenters. The minimum atomic E-state index is 0.0575. The molecule has 1 unspecified atom stereocenters. The Labute approximate surface area is 205 Å². The van der Waals surface area contributed by atoms with Gasteiger partial charge < -0.3 is 28.4 Å². The highest BCUT2D eigenvalue weighted by Crippen LogP contribution is 2.39. The number of nitrogens with zero attached hydrogens (tertiary/aromatic N) is 3. The number of amides is 1. The number of hydrogen-bond acceptors (Lipinski definition) is 6. The number of likely N-dealkylation sites (tertiary alicyclic amines) is 1. The SMILES string of the molecule is COc1cc(CC(=O)N2CCC(n3c(C4CCCO4)nc4ccccc43)CC2)cc(OC)c1OC. The van der Waals surface area contributed by atoms with Gasteiger partial charge in [-0.25, -0.2) is 4.98 Å². The van der Waals surface area contributed by atoms with Crippen LogP contribution in [-0.4, -0.2) is 61.4 Å². The van der Waals surface area contributed by atoms with Gasteiger partial charge in [-0.05, 0) is 55.5 Å². The smallest absolute Gasteiger partial charge is 0.226 e. The van der Waals surface area contributed by atoms with Crippen LogP contribution in [0.25, 0.3) is 11.0 Å². The molecular formula is C27H33N3O5. The van der Waals surface area contributed by atoms with E-state index in [9.17, 15) is 4.79 Å². The van der Waals surface area contributed by atoms with Crippen molar-refractivity contribution in [3.05, 3.63) is 47.8 Å². The van der Waals surface area contributed by atoms with Gasteiger partial charge in [0.2, 0.25) is 11.7 Å². The zero-order valence-corrected chi connectivity index (χ0v) is 20.7. The highest BCUT2D eigenvalue weighted by atomic mass is 16.5. The van der Waals surface area contributed by atoms with E-state index in [1.54, 1.807) is 21.3 Å². The van der Waals surface area contributed by atoms with Crippen LogP contribution in [0.3, 0.4) is 0 Å². The fourth-order valence-corrected chi connectivity index (χ4v) is 5.35. The molecule has 0 radical (unpaired) electrons. The summed E-state index contributed by atoms with van der Waals surface area (Å²) in [6.45, 7) is 2.22. The van der Waals surface area contributed by atoms with E-state index in [-0.39, 0.29) is 18.4 Å². The number of fused-ring (bicyclic) bond motifs is 1. The van der Waals surface area contributed by atoms with Gasteiger partial charge in [-0.2, -0.15) is 0 Å². The minimum Gasteiger partial charge on any atom is -0.493 e. The number of para-hydroxylation sites is 2. The van der Waals surface area contributed by atoms with Gasteiger partial charge in [0, 0.05) is 25.7 Å². The predicted octanol–water partition coefficient (Wildman–Crippen LogP) is 4.32. The molecule has 1 amide bonds. The number of ether oxygens (including phenoxy) is 4. The van der Waals surface area contributed by atoms with Gasteiger partial charge >= 0.3 is 0 Å². The van der Waals surface area contributed by atoms with E-state index in [4.69, 9.17) is 23.9 Å². The van der Waals surface area contributed by atoms with E-state index in [1.807, 2.05) is 23.1 Å². The second kappa shape index (κ2) is 10.2. The third-order valence-corrected chi connectivity index (χ3v) is 7.10. The molecule has 8 heteroatoms. The molecule has 3 heterocycles. The van der Waals surface area contributed by atoms with E-state index in [1.165, 1.54) is 0 Å². The molecule has 1 aromatic heterocycles. The van der Waals surface area contributed by atoms with Crippen LogP contribution in [0.2, 0.25) is 0 Å². The predicted molar refractivity (Wildman–Crippen MR) is 132 cm³/mol. The Balaban J connectivity index is 1.30. The summed E-state index contributed by atoms with van der Waals surface area (Å²) in [5.41, 5.74) is 3.01. The molecule has 2 saturated heterocycles. The maximum absolute atomic E-state index is 13.2. The Morgan fingerprint density at radius 1 is 1.03 bits per heavy atom. The first kappa shape index (κ1) is 23.5. The zero-order valence-electron chi connectivity index (χ0n) is 20.7. The quantitative estimate of drug-likeness (QED) is 0.503. The molecule has 0 aliphatic carbocycles. The second-order valence-electron chi connectivity index (χ2n) is 9.15. The number of methoxy groups -OCH3 is 3. The fourth-order valence-electron chi connectivity index (χ4n) is 5.35. The number of benzene rings is 2. The summed E-state index contributed by atoms with van der Waals surface area (Å²) in [4.78, 5) is 20.1. The van der Waals surface area contributed by atoms with Crippen molar-refractivity contribution in [2.24, 2.45) is 0 Å². The molecule has 35 heavy (non-hydrogen) atoms. The minimum absolute atomic E-state index is 0.0575. The molecule has 186 valence electrons. The number of rotatable bonds is 7. The molecule has 0 saturated carbocycles. The lowest BCUT2D eigenvalue weighted by Gasteiger charge is -2.34. The largest absolute Gasteiger partial charge is 0.493 e. The number of aromatic nitrogens is 2. The number of imidazole rings is 1. The molecule has 0 bridgehead atoms. The van der Waals surface area contributed by atoms with Gasteiger partial charge in [0.1, 0.15) is 11.9 Å². The third kappa shape index (κ3) is 4.55. The van der Waals surface area contributed by atoms with Crippen molar-refractivity contribution in [1.82, 2.24) is 14.5 Å². The first-order chi connectivity index (χ1) is 17.1. The molecule has 2 aliphatic rings. The summed E-state index contributed by atoms with van der Waals surface area (Å²) in [6.07, 6.45) is 4.21. The average Bonchev–Trinajstić information content (AvgIpc) is 3.56. The Kier molecular flexibility index (Phi) is 6.81. The summed E-state index contributed by atoms with van der Waals surface area (Å²) >= 11 is 0. The topological polar surface area (TPSA) is 75.1 Å². The Morgan fingerprint density at radius 2 is 1.74 bits per heavy atom. The molecule has 3 aromatic rings. The van der Waals surface area contributed by atoms with Crippen molar-refractivity contribution in [1.29, 1.82) is 0 Å². The van der Waals surface area contributed by atoms with Crippen molar-refractivity contribution in [2.75, 3.05) is 41.0 Å². The molecule has 0 spiro atoms. The highest BCUT2D eigenvalue weighted by molar-refractivity contribution is 5.79. The van der Waals surface area contributed by atoms with E-state index in [2.05, 4.69) is 22.8 Å². The van der Waals surface area contributed by atoms with Gasteiger partial charge in [-0.3, -0.25) is 4.79 Å². The van der Waals surface area contributed by atoms with Crippen molar-refractivity contribution in [2.45, 2.75) is 44.2 Å². The van der Waals surface area contributed by atoms with Crippen molar-refractivity contribution in [3.63, 3.8) is 0 Å². The number of piperidine rings is 1. The van der Waals surface area contributed by atoms with Gasteiger partial charge in [0.15, 0.2) is 11.5 Å². The molecular weight excluding hydrogens is 446 g/mol. The lowest BCUT2D eigenvalue weighted by atomic mass is 10.0. The first-order valence-corrected chi connectivity index (χ1v) is 12.3. The summed E-state index contributed by atoms with van der Waals surface area (Å²) in [7, 11) is 4.74. The number of carbonyl (C=O) groups excluding carboxylic acids is 1. The van der Waals surface area contributed by atoms with Gasteiger partial charge in [0.05, 0.1) is 38.8 Å². The van der Waals surface area contributed by atoms with Crippen molar-refractivity contribution < 1.29 is 23.7 Å². The average molecular weight is 480 g/mol. The monoisotopic (exact) mass is 479 g/mol. The van der Waals surface area contributed by atoms with Crippen molar-refractivity contribution >= 4 is 16.9 Å². The van der Waals surface area contributed by atoms with Gasteiger partial charge in [-0.15, -0.1) is 0 Å². The molecule has 2 aromatic carbocycles. The summed E-state index contributed by atoms with van der Waals surface area (Å²) in [5, 5.41) is 0. The Morgan fingerprint density at radius 3 is 2.37 bits per heavy atom. The van der Waals surface area contributed by atoms with E-state index < -0.39 is 0 Å². The molecule has 2 aliphatic heterocycles. The van der Waals surface area contributed by atoms with Crippen LogP contribution in [0, 0.1) is 0 Å². The molecule has 8 nitrogen and oxygen atoms in total. The van der Waals surface area contributed by atoms with Gasteiger partial charge in [0.25, 0.3) is 0 Å². The van der Waals surface area contributed by atoms with Crippen molar-refractivity contribution in [3.8, 4) is 17.2 Å². The van der Waals surface area contributed by atoms with Crippen LogP contribution in [0.1, 0.15) is 49.2 Å². The Bertz CT molecular complexity index is 1170. The number of carbonyl (C=O) groups is 1. The summed E-state index contributed by atoms with van der Waals surface area (Å²) in [6, 6.07) is 12.3. The second-order valence-corrected chi connectivity index (χ2v) is 9.15. The maximum Gasteiger partial charge on any atom is 0.226 e. The standard InChI is InChI=1S/C27H33N3O5/c1-32-23-15-18(16-24(33-2)26(23)34-3)17-25(31)29-12-10-19(11-13-29)30-21-8-5-4-7-20(21)28-27(30)22-9-6-14-35-22/h4-5,7-8,15-16,19,22H,6,9-14,17H2,1-3H3. The normalized spacial score (nSPS) is 18.7. The zero-order chi connectivity index (χ0) is 24.4. The van der Waals surface area contributed by atoms with E-state index in [0.717, 1.165) is 54.7 Å². The summed E-state index contributed by atoms with van der Waals surface area (Å²) < 4.78 is 24.7. The maximum atomic E-state index is 13.2.